The molecule has 0 radical (unpaired) electrons. The van der Waals surface area contributed by atoms with Gasteiger partial charge in [0.05, 0.1) is 18.5 Å². The number of hydrogen-bond acceptors (Lipinski definition) is 5. The van der Waals surface area contributed by atoms with E-state index < -0.39 is 10.0 Å². The number of sulfonamides is 1. The highest BCUT2D eigenvalue weighted by Crippen LogP contribution is 2.17. The van der Waals surface area contributed by atoms with Crippen molar-refractivity contribution in [2.75, 3.05) is 32.6 Å². The summed E-state index contributed by atoms with van der Waals surface area (Å²) in [4.78, 5) is 12.4. The summed E-state index contributed by atoms with van der Waals surface area (Å²) in [6.07, 6.45) is 1.29. The molecule has 1 amide bonds. The molecule has 0 atom stereocenters. The second kappa shape index (κ2) is 9.34. The van der Waals surface area contributed by atoms with Crippen molar-refractivity contribution in [1.29, 1.82) is 0 Å². The monoisotopic (exact) mass is 384 g/mol. The molecule has 1 fully saturated rings. The van der Waals surface area contributed by atoms with Crippen molar-refractivity contribution in [2.45, 2.75) is 38.8 Å². The Bertz CT molecular complexity index is 680. The Morgan fingerprint density at radius 1 is 1.23 bits per heavy atom. The molecule has 0 aromatic heterocycles. The van der Waals surface area contributed by atoms with Gasteiger partial charge in [-0.2, -0.15) is 0 Å². The van der Waals surface area contributed by atoms with Crippen LogP contribution >= 0.6 is 0 Å². The first-order chi connectivity index (χ1) is 12.3. The van der Waals surface area contributed by atoms with Crippen LogP contribution in [0.3, 0.4) is 0 Å². The maximum Gasteiger partial charge on any atom is 0.251 e. The van der Waals surface area contributed by atoms with Gasteiger partial charge in [0.25, 0.3) is 5.91 Å². The van der Waals surface area contributed by atoms with E-state index in [0.717, 1.165) is 5.75 Å². The zero-order valence-corrected chi connectivity index (χ0v) is 16.4. The third kappa shape index (κ3) is 5.96. The van der Waals surface area contributed by atoms with E-state index >= 15 is 0 Å². The van der Waals surface area contributed by atoms with Gasteiger partial charge in [-0.15, -0.1) is 0 Å². The molecular weight excluding hydrogens is 356 g/mol. The average molecular weight is 384 g/mol. The van der Waals surface area contributed by atoms with Crippen molar-refractivity contribution >= 4 is 15.9 Å². The van der Waals surface area contributed by atoms with Crippen molar-refractivity contribution in [2.24, 2.45) is 0 Å². The minimum absolute atomic E-state index is 0.00861. The lowest BCUT2D eigenvalue weighted by Gasteiger charge is -2.31. The van der Waals surface area contributed by atoms with Gasteiger partial charge in [0.15, 0.2) is 0 Å². The molecule has 1 heterocycles. The number of methoxy groups -OCH3 is 1. The number of benzene rings is 1. The number of carbonyl (C=O) groups is 1. The third-order valence-electron chi connectivity index (χ3n) is 4.22. The van der Waals surface area contributed by atoms with Crippen molar-refractivity contribution < 1.29 is 22.7 Å². The van der Waals surface area contributed by atoms with Gasteiger partial charge in [0.2, 0.25) is 10.0 Å². The van der Waals surface area contributed by atoms with Gasteiger partial charge in [-0.1, -0.05) is 0 Å². The Balaban J connectivity index is 1.84. The molecule has 2 rings (SSSR count). The second-order valence-electron chi connectivity index (χ2n) is 6.65. The van der Waals surface area contributed by atoms with E-state index in [1.165, 1.54) is 11.4 Å². The smallest absolute Gasteiger partial charge is 0.251 e. The maximum absolute atomic E-state index is 12.4. The lowest BCUT2D eigenvalue weighted by molar-refractivity contribution is 0.0923. The van der Waals surface area contributed by atoms with Crippen LogP contribution in [0.2, 0.25) is 0 Å². The first kappa shape index (κ1) is 20.7. The van der Waals surface area contributed by atoms with Crippen LogP contribution in [0.15, 0.2) is 24.3 Å². The normalized spacial score (nSPS) is 16.6. The maximum atomic E-state index is 12.4. The standard InChI is InChI=1S/C18H28N2O5S/c1-14(2)25-17-6-4-15(5-7-17)18(21)19-16-8-10-20(11-9-16)26(22,23)13-12-24-3/h4-7,14,16H,8-13H2,1-3H3,(H,19,21). The lowest BCUT2D eigenvalue weighted by Crippen LogP contribution is -2.47. The van der Waals surface area contributed by atoms with E-state index in [9.17, 15) is 13.2 Å². The summed E-state index contributed by atoms with van der Waals surface area (Å²) in [7, 11) is -1.80. The molecule has 1 aliphatic heterocycles. The van der Waals surface area contributed by atoms with Crippen LogP contribution in [0, 0.1) is 0 Å². The van der Waals surface area contributed by atoms with Crippen LogP contribution < -0.4 is 10.1 Å². The SMILES string of the molecule is COCCS(=O)(=O)N1CCC(NC(=O)c2ccc(OC(C)C)cc2)CC1. The highest BCUT2D eigenvalue weighted by Gasteiger charge is 2.28. The van der Waals surface area contributed by atoms with E-state index in [1.54, 1.807) is 24.3 Å². The highest BCUT2D eigenvalue weighted by atomic mass is 32.2. The van der Waals surface area contributed by atoms with Crippen LogP contribution in [-0.4, -0.2) is 63.3 Å². The zero-order valence-electron chi connectivity index (χ0n) is 15.6. The van der Waals surface area contributed by atoms with Crippen LogP contribution in [0.1, 0.15) is 37.0 Å². The molecular formula is C18H28N2O5S. The Hall–Kier alpha value is -1.64. The molecule has 0 aliphatic carbocycles. The van der Waals surface area contributed by atoms with E-state index in [4.69, 9.17) is 9.47 Å². The Morgan fingerprint density at radius 3 is 2.38 bits per heavy atom. The van der Waals surface area contributed by atoms with Crippen LogP contribution in [0.5, 0.6) is 5.75 Å². The molecule has 7 nitrogen and oxygen atoms in total. The summed E-state index contributed by atoms with van der Waals surface area (Å²) in [5.41, 5.74) is 0.566. The van der Waals surface area contributed by atoms with Crippen LogP contribution in [0.4, 0.5) is 0 Å². The summed E-state index contributed by atoms with van der Waals surface area (Å²) in [6, 6.07) is 7.00. The van der Waals surface area contributed by atoms with Crippen LogP contribution in [0.25, 0.3) is 0 Å². The van der Waals surface area contributed by atoms with Crippen molar-refractivity contribution in [1.82, 2.24) is 9.62 Å². The summed E-state index contributed by atoms with van der Waals surface area (Å²) in [5, 5.41) is 2.98. The van der Waals surface area contributed by atoms with Crippen LogP contribution in [-0.2, 0) is 14.8 Å². The molecule has 0 unspecified atom stereocenters. The fourth-order valence-corrected chi connectivity index (χ4v) is 4.22. The van der Waals surface area contributed by atoms with Crippen molar-refractivity contribution in [3.8, 4) is 5.75 Å². The predicted octanol–water partition coefficient (Wildman–Crippen LogP) is 1.64. The molecule has 0 saturated carbocycles. The fourth-order valence-electron chi connectivity index (χ4n) is 2.82. The van der Waals surface area contributed by atoms with Gasteiger partial charge in [0, 0.05) is 31.8 Å². The first-order valence-corrected chi connectivity index (χ1v) is 10.5. The van der Waals surface area contributed by atoms with E-state index in [0.29, 0.717) is 31.5 Å². The molecule has 1 aromatic carbocycles. The van der Waals surface area contributed by atoms with E-state index in [1.807, 2.05) is 13.8 Å². The number of carbonyl (C=O) groups excluding carboxylic acids is 1. The number of amides is 1. The molecule has 8 heteroatoms. The topological polar surface area (TPSA) is 84.9 Å². The van der Waals surface area contributed by atoms with Gasteiger partial charge >= 0.3 is 0 Å². The minimum atomic E-state index is -3.28. The number of ether oxygens (including phenoxy) is 2. The second-order valence-corrected chi connectivity index (χ2v) is 8.74. The number of hydrogen-bond donors (Lipinski definition) is 1. The third-order valence-corrected chi connectivity index (χ3v) is 6.05. The summed E-state index contributed by atoms with van der Waals surface area (Å²) in [5.74, 6) is 0.568. The lowest BCUT2D eigenvalue weighted by atomic mass is 10.1. The molecule has 1 aromatic rings. The highest BCUT2D eigenvalue weighted by molar-refractivity contribution is 7.89. The molecule has 26 heavy (non-hydrogen) atoms. The van der Waals surface area contributed by atoms with Gasteiger partial charge in [-0.25, -0.2) is 12.7 Å². The fraction of sp³-hybridized carbons (Fsp3) is 0.611. The molecule has 1 N–H and O–H groups in total. The number of rotatable bonds is 8. The molecule has 0 spiro atoms. The number of nitrogens with one attached hydrogen (secondary N) is 1. The minimum Gasteiger partial charge on any atom is -0.491 e. The molecule has 1 saturated heterocycles. The molecule has 1 aliphatic rings. The van der Waals surface area contributed by atoms with Crippen molar-refractivity contribution in [3.05, 3.63) is 29.8 Å². The summed E-state index contributed by atoms with van der Waals surface area (Å²) >= 11 is 0. The van der Waals surface area contributed by atoms with E-state index in [2.05, 4.69) is 5.32 Å². The Kier molecular flexibility index (Phi) is 7.43. The Morgan fingerprint density at radius 2 is 1.85 bits per heavy atom. The van der Waals surface area contributed by atoms with Gasteiger partial charge in [-0.3, -0.25) is 4.79 Å². The number of nitrogens with zero attached hydrogens (tertiary/aromatic N) is 1. The Labute approximate surface area is 155 Å². The van der Waals surface area contributed by atoms with Crippen molar-refractivity contribution in [3.63, 3.8) is 0 Å². The quantitative estimate of drug-likeness (QED) is 0.737. The van der Waals surface area contributed by atoms with Gasteiger partial charge in [0.1, 0.15) is 5.75 Å². The predicted molar refractivity (Wildman–Crippen MR) is 99.9 cm³/mol. The van der Waals surface area contributed by atoms with E-state index in [-0.39, 0.29) is 30.4 Å². The first-order valence-electron chi connectivity index (χ1n) is 8.86. The number of piperidine rings is 1. The largest absolute Gasteiger partial charge is 0.491 e. The average Bonchev–Trinajstić information content (AvgIpc) is 2.60. The molecule has 0 bridgehead atoms. The van der Waals surface area contributed by atoms with Gasteiger partial charge in [-0.05, 0) is 51.0 Å². The zero-order chi connectivity index (χ0) is 19.2. The summed E-state index contributed by atoms with van der Waals surface area (Å²) < 4.78 is 36.2. The molecule has 146 valence electrons. The van der Waals surface area contributed by atoms with Gasteiger partial charge < -0.3 is 14.8 Å². The summed E-state index contributed by atoms with van der Waals surface area (Å²) in [6.45, 7) is 4.91.